The normalized spacial score (nSPS) is 14.0. The number of rotatable bonds is 4. The molecule has 1 saturated heterocycles. The highest BCUT2D eigenvalue weighted by Gasteiger charge is 2.20. The number of nitrogens with zero attached hydrogens (tertiary/aromatic N) is 3. The monoisotopic (exact) mass is 417 g/mol. The van der Waals surface area contributed by atoms with Crippen LogP contribution in [0.5, 0.6) is 0 Å². The van der Waals surface area contributed by atoms with Gasteiger partial charge in [-0.3, -0.25) is 14.2 Å². The minimum Gasteiger partial charge on any atom is -0.342 e. The van der Waals surface area contributed by atoms with Crippen molar-refractivity contribution in [2.24, 2.45) is 0 Å². The van der Waals surface area contributed by atoms with E-state index in [0.717, 1.165) is 25.9 Å². The first-order valence-corrected chi connectivity index (χ1v) is 10.3. The Labute approximate surface area is 170 Å². The van der Waals surface area contributed by atoms with Gasteiger partial charge in [-0.15, -0.1) is 0 Å². The van der Waals surface area contributed by atoms with Gasteiger partial charge in [-0.1, -0.05) is 35.5 Å². The zero-order chi connectivity index (χ0) is 19.7. The molecular formula is C20H17ClFN3O2S. The Hall–Kier alpha value is -2.38. The van der Waals surface area contributed by atoms with Crippen molar-refractivity contribution < 1.29 is 9.18 Å². The van der Waals surface area contributed by atoms with Gasteiger partial charge in [0.1, 0.15) is 5.82 Å². The molecule has 1 aliphatic rings. The lowest BCUT2D eigenvalue weighted by molar-refractivity contribution is -0.127. The zero-order valence-electron chi connectivity index (χ0n) is 14.9. The molecule has 0 radical (unpaired) electrons. The molecule has 1 aromatic heterocycles. The van der Waals surface area contributed by atoms with Gasteiger partial charge >= 0.3 is 0 Å². The molecular weight excluding hydrogens is 401 g/mol. The fourth-order valence-corrected chi connectivity index (χ4v) is 4.34. The summed E-state index contributed by atoms with van der Waals surface area (Å²) < 4.78 is 15.0. The van der Waals surface area contributed by atoms with E-state index in [4.69, 9.17) is 11.6 Å². The Kier molecular flexibility index (Phi) is 5.37. The summed E-state index contributed by atoms with van der Waals surface area (Å²) in [7, 11) is 0. The van der Waals surface area contributed by atoms with Gasteiger partial charge in [0.15, 0.2) is 5.16 Å². The van der Waals surface area contributed by atoms with E-state index in [1.165, 1.54) is 34.5 Å². The molecule has 0 N–H and O–H groups in total. The van der Waals surface area contributed by atoms with Gasteiger partial charge in [-0.05, 0) is 43.2 Å². The maximum atomic E-state index is 13.6. The minimum atomic E-state index is -0.564. The van der Waals surface area contributed by atoms with E-state index in [1.54, 1.807) is 24.3 Å². The number of halogens is 2. The second-order valence-corrected chi connectivity index (χ2v) is 7.88. The van der Waals surface area contributed by atoms with Crippen molar-refractivity contribution in [3.05, 3.63) is 63.7 Å². The number of para-hydroxylation sites is 1. The third-order valence-corrected chi connectivity index (χ3v) is 5.90. The summed E-state index contributed by atoms with van der Waals surface area (Å²) in [5.41, 5.74) is 0.670. The largest absolute Gasteiger partial charge is 0.342 e. The molecule has 8 heteroatoms. The lowest BCUT2D eigenvalue weighted by Crippen LogP contribution is -2.29. The quantitative estimate of drug-likeness (QED) is 0.477. The molecule has 1 amide bonds. The van der Waals surface area contributed by atoms with Crippen LogP contribution >= 0.6 is 23.4 Å². The molecule has 0 bridgehead atoms. The van der Waals surface area contributed by atoms with Gasteiger partial charge < -0.3 is 4.90 Å². The Morgan fingerprint density at radius 3 is 2.68 bits per heavy atom. The van der Waals surface area contributed by atoms with Crippen LogP contribution in [0.2, 0.25) is 5.02 Å². The number of benzene rings is 2. The van der Waals surface area contributed by atoms with Gasteiger partial charge in [-0.25, -0.2) is 9.37 Å². The van der Waals surface area contributed by atoms with Crippen LogP contribution in [0.25, 0.3) is 16.6 Å². The van der Waals surface area contributed by atoms with Crippen molar-refractivity contribution in [2.45, 2.75) is 18.0 Å². The van der Waals surface area contributed by atoms with Gasteiger partial charge in [0.25, 0.3) is 5.56 Å². The number of fused-ring (bicyclic) bond motifs is 1. The Balaban J connectivity index is 1.77. The Morgan fingerprint density at radius 1 is 1.18 bits per heavy atom. The molecule has 0 aliphatic carbocycles. The average Bonchev–Trinajstić information content (AvgIpc) is 3.23. The van der Waals surface area contributed by atoms with Crippen LogP contribution in [-0.4, -0.2) is 39.2 Å². The number of likely N-dealkylation sites (tertiary alicyclic amines) is 1. The van der Waals surface area contributed by atoms with Gasteiger partial charge in [0.05, 0.1) is 27.4 Å². The Bertz CT molecular complexity index is 1110. The van der Waals surface area contributed by atoms with E-state index in [2.05, 4.69) is 4.98 Å². The summed E-state index contributed by atoms with van der Waals surface area (Å²) in [6, 6.07) is 11.1. The van der Waals surface area contributed by atoms with Crippen LogP contribution < -0.4 is 5.56 Å². The summed E-state index contributed by atoms with van der Waals surface area (Å²) in [6.45, 7) is 1.54. The SMILES string of the molecule is O=C(CSc1nc2ccccc2c(=O)n1-c1ccc(F)c(Cl)c1)N1CCCC1. The number of hydrogen-bond acceptors (Lipinski definition) is 4. The second-order valence-electron chi connectivity index (χ2n) is 6.53. The average molecular weight is 418 g/mol. The van der Waals surface area contributed by atoms with Crippen molar-refractivity contribution >= 4 is 40.2 Å². The fraction of sp³-hybridized carbons (Fsp3) is 0.250. The topological polar surface area (TPSA) is 55.2 Å². The summed E-state index contributed by atoms with van der Waals surface area (Å²) in [6.07, 6.45) is 2.03. The summed E-state index contributed by atoms with van der Waals surface area (Å²) in [5, 5.41) is 0.735. The first-order chi connectivity index (χ1) is 13.5. The first kappa shape index (κ1) is 19.0. The smallest absolute Gasteiger partial charge is 0.266 e. The number of thioether (sulfide) groups is 1. The third kappa shape index (κ3) is 3.64. The maximum Gasteiger partial charge on any atom is 0.266 e. The molecule has 0 atom stereocenters. The Morgan fingerprint density at radius 2 is 1.93 bits per heavy atom. The predicted molar refractivity (Wildman–Crippen MR) is 109 cm³/mol. The van der Waals surface area contributed by atoms with Crippen LogP contribution in [0.15, 0.2) is 52.4 Å². The minimum absolute atomic E-state index is 0.0218. The van der Waals surface area contributed by atoms with E-state index in [1.807, 2.05) is 4.90 Å². The second kappa shape index (κ2) is 7.93. The van der Waals surface area contributed by atoms with Crippen LogP contribution in [-0.2, 0) is 4.79 Å². The van der Waals surface area contributed by atoms with E-state index in [9.17, 15) is 14.0 Å². The molecule has 0 saturated carbocycles. The first-order valence-electron chi connectivity index (χ1n) is 8.92. The molecule has 2 aromatic carbocycles. The third-order valence-electron chi connectivity index (χ3n) is 4.69. The fourth-order valence-electron chi connectivity index (χ4n) is 3.25. The van der Waals surface area contributed by atoms with E-state index >= 15 is 0 Å². The van der Waals surface area contributed by atoms with E-state index < -0.39 is 5.82 Å². The highest BCUT2D eigenvalue weighted by Crippen LogP contribution is 2.25. The number of hydrogen-bond donors (Lipinski definition) is 0. The molecule has 0 unspecified atom stereocenters. The predicted octanol–water partition coefficient (Wildman–Crippen LogP) is 3.89. The maximum absolute atomic E-state index is 13.6. The zero-order valence-corrected chi connectivity index (χ0v) is 16.5. The van der Waals surface area contributed by atoms with Crippen LogP contribution in [0.3, 0.4) is 0 Å². The van der Waals surface area contributed by atoms with E-state index in [-0.39, 0.29) is 22.2 Å². The number of aromatic nitrogens is 2. The van der Waals surface area contributed by atoms with Gasteiger partial charge in [-0.2, -0.15) is 0 Å². The van der Waals surface area contributed by atoms with Crippen LogP contribution in [0.4, 0.5) is 4.39 Å². The molecule has 3 aromatic rings. The van der Waals surface area contributed by atoms with Crippen molar-refractivity contribution in [1.29, 1.82) is 0 Å². The molecule has 1 aliphatic heterocycles. The number of carbonyl (C=O) groups is 1. The van der Waals surface area contributed by atoms with Crippen molar-refractivity contribution in [3.8, 4) is 5.69 Å². The number of carbonyl (C=O) groups excluding carboxylic acids is 1. The molecule has 5 nitrogen and oxygen atoms in total. The molecule has 0 spiro atoms. The van der Waals surface area contributed by atoms with E-state index in [0.29, 0.717) is 21.7 Å². The van der Waals surface area contributed by atoms with Crippen molar-refractivity contribution in [2.75, 3.05) is 18.8 Å². The molecule has 28 heavy (non-hydrogen) atoms. The van der Waals surface area contributed by atoms with Crippen molar-refractivity contribution in [1.82, 2.24) is 14.5 Å². The van der Waals surface area contributed by atoms with Crippen LogP contribution in [0, 0.1) is 5.82 Å². The molecule has 144 valence electrons. The molecule has 4 rings (SSSR count). The standard InChI is InChI=1S/C20H17ClFN3O2S/c21-15-11-13(7-8-16(15)22)25-19(27)14-5-1-2-6-17(14)23-20(25)28-12-18(26)24-9-3-4-10-24/h1-2,5-8,11H,3-4,9-10,12H2. The summed E-state index contributed by atoms with van der Waals surface area (Å²) in [5.74, 6) is -0.362. The lowest BCUT2D eigenvalue weighted by Gasteiger charge is -2.16. The lowest BCUT2D eigenvalue weighted by atomic mass is 10.2. The number of amides is 1. The van der Waals surface area contributed by atoms with Gasteiger partial charge in [0, 0.05) is 13.1 Å². The van der Waals surface area contributed by atoms with Gasteiger partial charge in [0.2, 0.25) is 5.91 Å². The van der Waals surface area contributed by atoms with Crippen molar-refractivity contribution in [3.63, 3.8) is 0 Å². The highest BCUT2D eigenvalue weighted by molar-refractivity contribution is 7.99. The summed E-state index contributed by atoms with van der Waals surface area (Å²) in [4.78, 5) is 32.0. The highest BCUT2D eigenvalue weighted by atomic mass is 35.5. The molecule has 2 heterocycles. The molecule has 1 fully saturated rings. The summed E-state index contributed by atoms with van der Waals surface area (Å²) >= 11 is 7.12. The van der Waals surface area contributed by atoms with Crippen LogP contribution in [0.1, 0.15) is 12.8 Å².